The summed E-state index contributed by atoms with van der Waals surface area (Å²) in [6.45, 7) is 3.40. The van der Waals surface area contributed by atoms with Gasteiger partial charge in [-0.15, -0.1) is 0 Å². The number of benzene rings is 1. The molecule has 136 valence electrons. The molecule has 26 heavy (non-hydrogen) atoms. The molecule has 9 heteroatoms. The summed E-state index contributed by atoms with van der Waals surface area (Å²) in [5.41, 5.74) is 2.41. The first-order valence-corrected chi connectivity index (χ1v) is 7.74. The van der Waals surface area contributed by atoms with Gasteiger partial charge in [-0.25, -0.2) is 9.59 Å². The zero-order valence-electron chi connectivity index (χ0n) is 14.7. The number of dihydropyridines is 1. The van der Waals surface area contributed by atoms with Gasteiger partial charge in [-0.3, -0.25) is 4.63 Å². The Morgan fingerprint density at radius 3 is 2.27 bits per heavy atom. The number of methoxy groups -OCH3 is 2. The van der Waals surface area contributed by atoms with Crippen molar-refractivity contribution in [1.29, 1.82) is 0 Å². The number of allylic oxidation sites excluding steroid dienone is 2. The molecule has 1 aliphatic heterocycles. The van der Waals surface area contributed by atoms with Crippen molar-refractivity contribution < 1.29 is 28.6 Å². The number of nitrogens with zero attached hydrogens (tertiary/aromatic N) is 2. The van der Waals surface area contributed by atoms with E-state index in [9.17, 15) is 14.8 Å². The minimum Gasteiger partial charge on any atom is -0.466 e. The smallest absolute Gasteiger partial charge is 0.336 e. The van der Waals surface area contributed by atoms with Crippen LogP contribution >= 0.6 is 0 Å². The molecule has 1 N–H and O–H groups in total. The second-order valence-corrected chi connectivity index (χ2v) is 5.76. The number of fused-ring (bicyclic) bond motifs is 1. The molecule has 1 aromatic carbocycles. The maximum Gasteiger partial charge on any atom is 0.336 e. The normalized spacial score (nSPS) is 15.2. The van der Waals surface area contributed by atoms with E-state index < -0.39 is 17.9 Å². The molecule has 0 radical (unpaired) electrons. The average molecular weight is 359 g/mol. The molecule has 0 amide bonds. The Bertz CT molecular complexity index is 934. The zero-order chi connectivity index (χ0) is 19.0. The number of carbonyl (C=O) groups is 2. The summed E-state index contributed by atoms with van der Waals surface area (Å²) in [4.78, 5) is 25.2. The lowest BCUT2D eigenvalue weighted by Crippen LogP contribution is -2.32. The highest BCUT2D eigenvalue weighted by Gasteiger charge is 2.39. The summed E-state index contributed by atoms with van der Waals surface area (Å²) in [6, 6.07) is 4.83. The second kappa shape index (κ2) is 6.51. The fourth-order valence-electron chi connectivity index (χ4n) is 3.22. The predicted molar refractivity (Wildman–Crippen MR) is 88.3 cm³/mol. The van der Waals surface area contributed by atoms with Gasteiger partial charge in [-0.1, -0.05) is 12.1 Å². The SMILES string of the molecule is COC(=O)C1=C(C)NC(C)=C(C(=O)OC)C1c1cccc2c1no[n+]2[O-]. The molecule has 3 rings (SSSR count). The van der Waals surface area contributed by atoms with Crippen LogP contribution in [0.3, 0.4) is 0 Å². The van der Waals surface area contributed by atoms with Crippen LogP contribution in [0.5, 0.6) is 0 Å². The van der Waals surface area contributed by atoms with Gasteiger partial charge < -0.3 is 20.0 Å². The highest BCUT2D eigenvalue weighted by Crippen LogP contribution is 2.40. The quantitative estimate of drug-likeness (QED) is 0.638. The molecule has 0 saturated carbocycles. The molecular formula is C17H17N3O6. The van der Waals surface area contributed by atoms with Gasteiger partial charge in [0.05, 0.1) is 31.3 Å². The number of ether oxygens (including phenoxy) is 2. The Morgan fingerprint density at radius 2 is 1.73 bits per heavy atom. The molecule has 2 heterocycles. The maximum atomic E-state index is 12.5. The predicted octanol–water partition coefficient (Wildman–Crippen LogP) is 1.04. The van der Waals surface area contributed by atoms with Crippen LogP contribution in [0.25, 0.3) is 11.0 Å². The molecule has 0 fully saturated rings. The van der Waals surface area contributed by atoms with E-state index in [1.54, 1.807) is 26.0 Å². The third-order valence-electron chi connectivity index (χ3n) is 4.33. The van der Waals surface area contributed by atoms with E-state index in [1.807, 2.05) is 0 Å². The van der Waals surface area contributed by atoms with E-state index >= 15 is 0 Å². The lowest BCUT2D eigenvalue weighted by molar-refractivity contribution is -0.782. The van der Waals surface area contributed by atoms with E-state index in [2.05, 4.69) is 15.1 Å². The largest absolute Gasteiger partial charge is 0.466 e. The highest BCUT2D eigenvalue weighted by atomic mass is 16.8. The van der Waals surface area contributed by atoms with Gasteiger partial charge in [0.1, 0.15) is 0 Å². The maximum absolute atomic E-state index is 12.5. The van der Waals surface area contributed by atoms with Crippen LogP contribution in [0.15, 0.2) is 45.4 Å². The van der Waals surface area contributed by atoms with Crippen molar-refractivity contribution in [2.45, 2.75) is 19.8 Å². The summed E-state index contributed by atoms with van der Waals surface area (Å²) in [5.74, 6) is -2.04. The molecule has 0 atom stereocenters. The molecule has 0 spiro atoms. The molecule has 1 aromatic heterocycles. The number of aromatic nitrogens is 2. The van der Waals surface area contributed by atoms with Gasteiger partial charge in [0.2, 0.25) is 5.52 Å². The van der Waals surface area contributed by atoms with E-state index in [-0.39, 0.29) is 27.1 Å². The fourth-order valence-corrected chi connectivity index (χ4v) is 3.22. The molecular weight excluding hydrogens is 342 g/mol. The van der Waals surface area contributed by atoms with Crippen LogP contribution in [0.4, 0.5) is 0 Å². The molecule has 1 aliphatic rings. The highest BCUT2D eigenvalue weighted by molar-refractivity contribution is 6.01. The van der Waals surface area contributed by atoms with Crippen LogP contribution in [0, 0.1) is 5.21 Å². The van der Waals surface area contributed by atoms with Gasteiger partial charge in [0, 0.05) is 22.1 Å². The van der Waals surface area contributed by atoms with Crippen LogP contribution in [-0.2, 0) is 19.1 Å². The Balaban J connectivity index is 2.33. The third-order valence-corrected chi connectivity index (χ3v) is 4.33. The molecule has 2 aromatic rings. The van der Waals surface area contributed by atoms with Gasteiger partial charge in [0.15, 0.2) is 0 Å². The third kappa shape index (κ3) is 2.57. The van der Waals surface area contributed by atoms with Gasteiger partial charge in [-0.2, -0.15) is 0 Å². The first-order valence-electron chi connectivity index (χ1n) is 7.74. The summed E-state index contributed by atoms with van der Waals surface area (Å²) in [5, 5.41) is 18.6. The Kier molecular flexibility index (Phi) is 4.37. The number of rotatable bonds is 3. The van der Waals surface area contributed by atoms with Gasteiger partial charge in [-0.05, 0) is 24.8 Å². The van der Waals surface area contributed by atoms with E-state index in [4.69, 9.17) is 9.47 Å². The van der Waals surface area contributed by atoms with Gasteiger partial charge in [0.25, 0.3) is 5.52 Å². The number of hydrogen-bond donors (Lipinski definition) is 1. The Labute approximate surface area is 148 Å². The first kappa shape index (κ1) is 17.5. The molecule has 0 bridgehead atoms. The minimum atomic E-state index is -0.829. The van der Waals surface area contributed by atoms with Crippen molar-refractivity contribution in [1.82, 2.24) is 10.5 Å². The summed E-state index contributed by atoms with van der Waals surface area (Å²) in [7, 11) is 2.51. The van der Waals surface area contributed by atoms with E-state index in [0.29, 0.717) is 17.0 Å². The molecule has 0 unspecified atom stereocenters. The molecule has 0 saturated heterocycles. The van der Waals surface area contributed by atoms with Crippen molar-refractivity contribution in [2.24, 2.45) is 0 Å². The lowest BCUT2D eigenvalue weighted by atomic mass is 9.80. The van der Waals surface area contributed by atoms with Crippen molar-refractivity contribution >= 4 is 23.0 Å². The lowest BCUT2D eigenvalue weighted by Gasteiger charge is -2.29. The molecule has 9 nitrogen and oxygen atoms in total. The summed E-state index contributed by atoms with van der Waals surface area (Å²) < 4.78 is 14.5. The average Bonchev–Trinajstić information content (AvgIpc) is 3.01. The van der Waals surface area contributed by atoms with Crippen molar-refractivity contribution in [3.05, 3.63) is 51.5 Å². The standard InChI is InChI=1S/C17H17N3O6/c1-8-12(16(21)24-3)14(13(9(2)18-8)17(22)25-4)10-6-5-7-11-15(10)19-26-20(11)23/h5-7,14,18H,1-4H3. The van der Waals surface area contributed by atoms with Crippen molar-refractivity contribution in [3.8, 4) is 0 Å². The van der Waals surface area contributed by atoms with Gasteiger partial charge >= 0.3 is 11.9 Å². The van der Waals surface area contributed by atoms with E-state index in [0.717, 1.165) is 0 Å². The number of hydrogen-bond acceptors (Lipinski definition) is 8. The summed E-state index contributed by atoms with van der Waals surface area (Å²) >= 11 is 0. The van der Waals surface area contributed by atoms with E-state index in [1.165, 1.54) is 20.3 Å². The zero-order valence-corrected chi connectivity index (χ0v) is 14.7. The minimum absolute atomic E-state index is 0.185. The number of esters is 2. The monoisotopic (exact) mass is 359 g/mol. The van der Waals surface area contributed by atoms with Crippen molar-refractivity contribution in [3.63, 3.8) is 0 Å². The summed E-state index contributed by atoms with van der Waals surface area (Å²) in [6.07, 6.45) is 0. The number of carbonyl (C=O) groups excluding carboxylic acids is 2. The second-order valence-electron chi connectivity index (χ2n) is 5.76. The van der Waals surface area contributed by atoms with Crippen LogP contribution < -0.4 is 10.2 Å². The first-order chi connectivity index (χ1) is 12.4. The molecule has 0 aliphatic carbocycles. The Morgan fingerprint density at radius 1 is 1.15 bits per heavy atom. The number of nitrogens with one attached hydrogen (secondary N) is 1. The Hall–Kier alpha value is -3.36. The van der Waals surface area contributed by atoms with Crippen LogP contribution in [0.1, 0.15) is 25.3 Å². The topological polar surface area (TPSA) is 118 Å². The van der Waals surface area contributed by atoms with Crippen molar-refractivity contribution in [2.75, 3.05) is 14.2 Å². The van der Waals surface area contributed by atoms with Crippen LogP contribution in [-0.4, -0.2) is 31.3 Å². The van der Waals surface area contributed by atoms with Crippen LogP contribution in [0.2, 0.25) is 0 Å². The fraction of sp³-hybridized carbons (Fsp3) is 0.294.